The monoisotopic (exact) mass is 318 g/mol. The van der Waals surface area contributed by atoms with E-state index in [0.29, 0.717) is 43.1 Å². The molecule has 1 saturated heterocycles. The maximum absolute atomic E-state index is 12.2. The van der Waals surface area contributed by atoms with Crippen LogP contribution >= 0.6 is 0 Å². The lowest BCUT2D eigenvalue weighted by atomic mass is 10.0. The number of piperidine rings is 1. The maximum atomic E-state index is 12.2. The molecule has 3 heterocycles. The van der Waals surface area contributed by atoms with Gasteiger partial charge in [-0.05, 0) is 25.8 Å². The SMILES string of the molecule is Cc1cc(NC(=O)NC2CCN(C(=O)c3ccoc3)CC2)no1. The van der Waals surface area contributed by atoms with Gasteiger partial charge in [0.05, 0.1) is 11.8 Å². The van der Waals surface area contributed by atoms with Gasteiger partial charge in [-0.1, -0.05) is 5.16 Å². The predicted octanol–water partition coefficient (Wildman–Crippen LogP) is 2.00. The van der Waals surface area contributed by atoms with Gasteiger partial charge in [0.1, 0.15) is 12.0 Å². The van der Waals surface area contributed by atoms with E-state index in [-0.39, 0.29) is 18.0 Å². The number of rotatable bonds is 3. The zero-order valence-electron chi connectivity index (χ0n) is 12.7. The summed E-state index contributed by atoms with van der Waals surface area (Å²) in [5, 5.41) is 9.21. The highest BCUT2D eigenvalue weighted by atomic mass is 16.5. The summed E-state index contributed by atoms with van der Waals surface area (Å²) < 4.78 is 9.82. The van der Waals surface area contributed by atoms with Crippen molar-refractivity contribution in [2.75, 3.05) is 18.4 Å². The normalized spacial score (nSPS) is 15.4. The fraction of sp³-hybridized carbons (Fsp3) is 0.400. The molecule has 8 nitrogen and oxygen atoms in total. The first-order chi connectivity index (χ1) is 11.1. The average molecular weight is 318 g/mol. The van der Waals surface area contributed by atoms with E-state index in [1.54, 1.807) is 24.0 Å². The molecule has 2 N–H and O–H groups in total. The van der Waals surface area contributed by atoms with Crippen molar-refractivity contribution >= 4 is 17.8 Å². The lowest BCUT2D eigenvalue weighted by Crippen LogP contribution is -2.47. The second kappa shape index (κ2) is 6.55. The number of aromatic nitrogens is 1. The van der Waals surface area contributed by atoms with Crippen LogP contribution in [-0.2, 0) is 0 Å². The van der Waals surface area contributed by atoms with Crippen LogP contribution < -0.4 is 10.6 Å². The van der Waals surface area contributed by atoms with Gasteiger partial charge in [-0.3, -0.25) is 10.1 Å². The zero-order valence-corrected chi connectivity index (χ0v) is 12.7. The predicted molar refractivity (Wildman–Crippen MR) is 81.0 cm³/mol. The van der Waals surface area contributed by atoms with E-state index in [0.717, 1.165) is 0 Å². The quantitative estimate of drug-likeness (QED) is 0.901. The minimum Gasteiger partial charge on any atom is -0.472 e. The zero-order chi connectivity index (χ0) is 16.2. The number of urea groups is 1. The Morgan fingerprint density at radius 2 is 2.13 bits per heavy atom. The molecule has 0 radical (unpaired) electrons. The van der Waals surface area contributed by atoms with Crippen molar-refractivity contribution in [3.05, 3.63) is 36.0 Å². The Labute approximate surface area is 132 Å². The van der Waals surface area contributed by atoms with Gasteiger partial charge in [0.25, 0.3) is 5.91 Å². The first-order valence-corrected chi connectivity index (χ1v) is 7.44. The summed E-state index contributed by atoms with van der Waals surface area (Å²) in [4.78, 5) is 25.8. The molecule has 2 aromatic heterocycles. The number of carbonyl (C=O) groups is 2. The lowest BCUT2D eigenvalue weighted by molar-refractivity contribution is 0.0708. The Balaban J connectivity index is 1.45. The van der Waals surface area contributed by atoms with Gasteiger partial charge < -0.3 is 19.2 Å². The average Bonchev–Trinajstić information content (AvgIpc) is 3.19. The summed E-state index contributed by atoms with van der Waals surface area (Å²) in [6.07, 6.45) is 4.33. The third-order valence-electron chi connectivity index (χ3n) is 3.76. The minimum absolute atomic E-state index is 0.0244. The van der Waals surface area contributed by atoms with Crippen molar-refractivity contribution in [3.8, 4) is 0 Å². The number of nitrogens with zero attached hydrogens (tertiary/aromatic N) is 2. The number of aryl methyl sites for hydroxylation is 1. The molecule has 122 valence electrons. The van der Waals surface area contributed by atoms with Gasteiger partial charge in [-0.25, -0.2) is 4.79 Å². The van der Waals surface area contributed by atoms with Crippen molar-refractivity contribution in [1.29, 1.82) is 0 Å². The Kier molecular flexibility index (Phi) is 4.31. The fourth-order valence-corrected chi connectivity index (χ4v) is 2.56. The minimum atomic E-state index is -0.321. The molecule has 1 aliphatic heterocycles. The van der Waals surface area contributed by atoms with Crippen LogP contribution in [-0.4, -0.2) is 41.1 Å². The molecule has 0 saturated carbocycles. The Bertz CT molecular complexity index is 671. The third kappa shape index (κ3) is 3.71. The van der Waals surface area contributed by atoms with E-state index < -0.39 is 0 Å². The fourth-order valence-electron chi connectivity index (χ4n) is 2.56. The van der Waals surface area contributed by atoms with Crippen LogP contribution in [0.15, 0.2) is 33.6 Å². The highest BCUT2D eigenvalue weighted by Gasteiger charge is 2.25. The molecule has 0 bridgehead atoms. The maximum Gasteiger partial charge on any atom is 0.320 e. The molecule has 0 atom stereocenters. The number of hydrogen-bond acceptors (Lipinski definition) is 5. The first-order valence-electron chi connectivity index (χ1n) is 7.44. The highest BCUT2D eigenvalue weighted by molar-refractivity contribution is 5.94. The molecular weight excluding hydrogens is 300 g/mol. The molecule has 1 aliphatic rings. The highest BCUT2D eigenvalue weighted by Crippen LogP contribution is 2.15. The second-order valence-corrected chi connectivity index (χ2v) is 5.50. The van der Waals surface area contributed by atoms with E-state index in [4.69, 9.17) is 8.94 Å². The van der Waals surface area contributed by atoms with Crippen molar-refractivity contribution in [2.45, 2.75) is 25.8 Å². The van der Waals surface area contributed by atoms with Crippen LogP contribution in [0.25, 0.3) is 0 Å². The summed E-state index contributed by atoms with van der Waals surface area (Å²) >= 11 is 0. The number of carbonyl (C=O) groups excluding carboxylic acids is 2. The Hall–Kier alpha value is -2.77. The summed E-state index contributed by atoms with van der Waals surface area (Å²) in [5.41, 5.74) is 0.551. The van der Waals surface area contributed by atoms with Crippen molar-refractivity contribution < 1.29 is 18.5 Å². The van der Waals surface area contributed by atoms with Gasteiger partial charge in [0.15, 0.2) is 5.82 Å². The summed E-state index contributed by atoms with van der Waals surface area (Å²) in [6.45, 7) is 2.94. The second-order valence-electron chi connectivity index (χ2n) is 5.50. The van der Waals surface area contributed by atoms with Crippen LogP contribution in [0, 0.1) is 6.92 Å². The smallest absolute Gasteiger partial charge is 0.320 e. The number of amides is 3. The molecule has 0 aromatic carbocycles. The van der Waals surface area contributed by atoms with Crippen LogP contribution in [0.1, 0.15) is 29.0 Å². The van der Waals surface area contributed by atoms with Crippen molar-refractivity contribution in [3.63, 3.8) is 0 Å². The van der Waals surface area contributed by atoms with Crippen molar-refractivity contribution in [2.24, 2.45) is 0 Å². The molecule has 2 aromatic rings. The van der Waals surface area contributed by atoms with Gasteiger partial charge in [-0.15, -0.1) is 0 Å². The first kappa shape index (κ1) is 15.1. The summed E-state index contributed by atoms with van der Waals surface area (Å²) in [6, 6.07) is 3.00. The summed E-state index contributed by atoms with van der Waals surface area (Å²) in [5.74, 6) is 0.971. The van der Waals surface area contributed by atoms with Gasteiger partial charge in [-0.2, -0.15) is 0 Å². The van der Waals surface area contributed by atoms with Crippen molar-refractivity contribution in [1.82, 2.24) is 15.4 Å². The van der Waals surface area contributed by atoms with Crippen LogP contribution in [0.2, 0.25) is 0 Å². The molecule has 0 spiro atoms. The van der Waals surface area contributed by atoms with Crippen LogP contribution in [0.4, 0.5) is 10.6 Å². The number of nitrogens with one attached hydrogen (secondary N) is 2. The van der Waals surface area contributed by atoms with E-state index >= 15 is 0 Å². The standard InChI is InChI=1S/C15H18N4O4/c1-10-8-13(18-23-10)17-15(21)16-12-2-5-19(6-3-12)14(20)11-4-7-22-9-11/h4,7-9,12H,2-3,5-6H2,1H3,(H2,16,17,18,21). The molecule has 8 heteroatoms. The number of hydrogen-bond donors (Lipinski definition) is 2. The Morgan fingerprint density at radius 3 is 2.74 bits per heavy atom. The van der Waals surface area contributed by atoms with E-state index in [2.05, 4.69) is 15.8 Å². The van der Waals surface area contributed by atoms with Gasteiger partial charge in [0.2, 0.25) is 0 Å². The third-order valence-corrected chi connectivity index (χ3v) is 3.76. The molecule has 0 aliphatic carbocycles. The molecule has 3 rings (SSSR count). The largest absolute Gasteiger partial charge is 0.472 e. The molecule has 1 fully saturated rings. The molecular formula is C15H18N4O4. The number of furan rings is 1. The van der Waals surface area contributed by atoms with Gasteiger partial charge >= 0.3 is 6.03 Å². The number of anilines is 1. The summed E-state index contributed by atoms with van der Waals surface area (Å²) in [7, 11) is 0. The molecule has 3 amide bonds. The number of likely N-dealkylation sites (tertiary alicyclic amines) is 1. The molecule has 0 unspecified atom stereocenters. The topological polar surface area (TPSA) is 101 Å². The molecule has 23 heavy (non-hydrogen) atoms. The van der Waals surface area contributed by atoms with Crippen LogP contribution in [0.5, 0.6) is 0 Å². The lowest BCUT2D eigenvalue weighted by Gasteiger charge is -2.32. The Morgan fingerprint density at radius 1 is 1.35 bits per heavy atom. The van der Waals surface area contributed by atoms with Gasteiger partial charge in [0, 0.05) is 25.2 Å². The van der Waals surface area contributed by atoms with E-state index in [1.807, 2.05) is 0 Å². The van der Waals surface area contributed by atoms with Crippen LogP contribution in [0.3, 0.4) is 0 Å². The van der Waals surface area contributed by atoms with E-state index in [9.17, 15) is 9.59 Å². The van der Waals surface area contributed by atoms with E-state index in [1.165, 1.54) is 12.5 Å².